The van der Waals surface area contributed by atoms with Gasteiger partial charge in [0.1, 0.15) is 40.0 Å². The van der Waals surface area contributed by atoms with E-state index in [1.165, 1.54) is 0 Å². The van der Waals surface area contributed by atoms with Crippen LogP contribution in [0.4, 0.5) is 119 Å². The van der Waals surface area contributed by atoms with Crippen molar-refractivity contribution in [1.29, 1.82) is 0 Å². The van der Waals surface area contributed by atoms with E-state index in [0.717, 1.165) is 6.07 Å². The van der Waals surface area contributed by atoms with Gasteiger partial charge >= 0.3 is 43.2 Å². The molecule has 1 radical (unpaired) electrons. The Morgan fingerprint density at radius 3 is 0.911 bits per heavy atom. The van der Waals surface area contributed by atoms with Crippen molar-refractivity contribution in [3.63, 3.8) is 0 Å². The second-order valence-corrected chi connectivity index (χ2v) is 12.9. The van der Waals surface area contributed by atoms with Crippen LogP contribution in [0.2, 0.25) is 0 Å². The van der Waals surface area contributed by atoms with Gasteiger partial charge in [-0.05, 0) is 17.7 Å². The molecule has 0 fully saturated rings. The zero-order chi connectivity index (χ0) is 44.6. The second-order valence-electron chi connectivity index (χ2n) is 12.1. The highest BCUT2D eigenvalue weighted by molar-refractivity contribution is 9.10. The summed E-state index contributed by atoms with van der Waals surface area (Å²) in [6, 6.07) is -0.855. The van der Waals surface area contributed by atoms with Gasteiger partial charge in [-0.15, -0.1) is 0 Å². The van der Waals surface area contributed by atoms with Crippen LogP contribution in [-0.2, 0) is 6.18 Å². The van der Waals surface area contributed by atoms with Crippen molar-refractivity contribution in [2.24, 2.45) is 46.3 Å². The zero-order valence-corrected chi connectivity index (χ0v) is 28.1. The summed E-state index contributed by atoms with van der Waals surface area (Å²) in [6.45, 7) is -25.4. The lowest BCUT2D eigenvalue weighted by Gasteiger charge is -2.67. The predicted molar refractivity (Wildman–Crippen MR) is 139 cm³/mol. The highest BCUT2D eigenvalue weighted by Gasteiger charge is 2.86. The maximum absolute atomic E-state index is 15.1. The largest absolute Gasteiger partial charge is 0.417 e. The van der Waals surface area contributed by atoms with Crippen molar-refractivity contribution in [1.82, 2.24) is 0 Å². The Morgan fingerprint density at radius 2 is 0.696 bits per heavy atom. The number of benzene rings is 1. The van der Waals surface area contributed by atoms with Crippen LogP contribution in [-0.4, -0.2) is 77.1 Å². The van der Waals surface area contributed by atoms with Gasteiger partial charge in [0.25, 0.3) is 0 Å². The summed E-state index contributed by atoms with van der Waals surface area (Å²) in [4.78, 5) is 0. The van der Waals surface area contributed by atoms with Crippen LogP contribution in [0.25, 0.3) is 0 Å². The van der Waals surface area contributed by atoms with Crippen LogP contribution in [0.15, 0.2) is 16.6 Å². The average molecular weight is 950 g/mol. The molecule has 0 nitrogen and oxygen atoms in total. The molecule has 0 aliphatic carbocycles. The van der Waals surface area contributed by atoms with Crippen LogP contribution in [0.3, 0.4) is 0 Å². The number of alkyl halides is 27. The maximum Gasteiger partial charge on any atom is 0.417 e. The first-order chi connectivity index (χ1) is 24.9. The molecular weight excluding hydrogens is 929 g/mol. The van der Waals surface area contributed by atoms with E-state index in [1.54, 1.807) is 0 Å². The van der Waals surface area contributed by atoms with E-state index in [9.17, 15) is 83.4 Å². The van der Waals surface area contributed by atoms with E-state index in [-0.39, 0.29) is 0 Å². The minimum atomic E-state index is -7.67. The number of halogens is 28. The Bertz CT molecular complexity index is 1320. The molecule has 0 aliphatic heterocycles. The van der Waals surface area contributed by atoms with Crippen molar-refractivity contribution in [3.8, 4) is 0 Å². The first-order valence-corrected chi connectivity index (χ1v) is 15.2. The van der Waals surface area contributed by atoms with Gasteiger partial charge in [-0.1, -0.05) is 15.9 Å². The zero-order valence-electron chi connectivity index (χ0n) is 26.5. The minimum Gasteiger partial charge on any atom is -0.250 e. The van der Waals surface area contributed by atoms with Crippen LogP contribution in [0.1, 0.15) is 17.0 Å². The standard InChI is InChI=1S/C28H21BrF27/c29-12-2-10(1-11(3-12)22(36,37)38)19(13(4-30)23(39,40)41)21(17(8-34)27(51,52)53,18(9-35)28(54,55)56)20(14(5-31)24(42,43)44,15(6-32)25(45,46)47)16(7-33)26(48,49)50/h1-2,13-19H,4-9H2. The van der Waals surface area contributed by atoms with Crippen molar-refractivity contribution in [2.75, 3.05) is 40.0 Å². The Balaban J connectivity index is 5.90. The summed E-state index contributed by atoms with van der Waals surface area (Å²) in [6.07, 6.45) is -51.7. The van der Waals surface area contributed by atoms with Crippen LogP contribution < -0.4 is 0 Å². The molecule has 0 N–H and O–H groups in total. The van der Waals surface area contributed by atoms with Crippen LogP contribution >= 0.6 is 15.9 Å². The van der Waals surface area contributed by atoms with Crippen molar-refractivity contribution >= 4 is 15.9 Å². The lowest BCUT2D eigenvalue weighted by Crippen LogP contribution is -2.75. The molecule has 56 heavy (non-hydrogen) atoms. The molecule has 1 aromatic rings. The molecule has 0 saturated heterocycles. The summed E-state index contributed by atoms with van der Waals surface area (Å²) < 4.78 is 398. The molecule has 0 aliphatic rings. The first-order valence-electron chi connectivity index (χ1n) is 14.5. The molecule has 329 valence electrons. The van der Waals surface area contributed by atoms with Crippen molar-refractivity contribution < 1.29 is 119 Å². The molecule has 0 heterocycles. The Morgan fingerprint density at radius 1 is 0.411 bits per heavy atom. The quantitative estimate of drug-likeness (QED) is 0.154. The average Bonchev–Trinajstić information content (AvgIpc) is 2.95. The fourth-order valence-electron chi connectivity index (χ4n) is 7.71. The number of rotatable bonds is 15. The molecule has 0 aromatic heterocycles. The smallest absolute Gasteiger partial charge is 0.250 e. The number of hydrogen-bond acceptors (Lipinski definition) is 0. The summed E-state index contributed by atoms with van der Waals surface area (Å²) in [5.41, 5.74) is -20.5. The second kappa shape index (κ2) is 17.2. The lowest BCUT2D eigenvalue weighted by atomic mass is 9.35. The highest BCUT2D eigenvalue weighted by Crippen LogP contribution is 2.78. The van der Waals surface area contributed by atoms with Crippen LogP contribution in [0, 0.1) is 52.4 Å². The van der Waals surface area contributed by atoms with Crippen LogP contribution in [0.5, 0.6) is 0 Å². The molecule has 28 heteroatoms. The highest BCUT2D eigenvalue weighted by atomic mass is 79.9. The van der Waals surface area contributed by atoms with Gasteiger partial charge < -0.3 is 0 Å². The van der Waals surface area contributed by atoms with Gasteiger partial charge in [-0.3, -0.25) is 26.3 Å². The molecule has 0 amide bonds. The van der Waals surface area contributed by atoms with E-state index in [4.69, 9.17) is 0 Å². The summed E-state index contributed by atoms with van der Waals surface area (Å²) in [5, 5.41) is 0. The van der Waals surface area contributed by atoms with Gasteiger partial charge in [0.15, 0.2) is 0 Å². The van der Waals surface area contributed by atoms with E-state index in [2.05, 4.69) is 0 Å². The Labute approximate surface area is 304 Å². The molecule has 1 aromatic carbocycles. The summed E-state index contributed by atoms with van der Waals surface area (Å²) in [7, 11) is 0. The monoisotopic (exact) mass is 949 g/mol. The third-order valence-electron chi connectivity index (χ3n) is 9.41. The SMILES string of the molecule is FCC(C(c1cc(Br)[c]c(C(F)(F)F)c1)C(C(CF)C(F)(F)F)(C(CF)C(F)(F)F)C(C(CF)C(F)(F)F)(C(CF)C(F)(F)F)C(CF)C(F)(F)F)C(F)(F)F. The van der Waals surface area contributed by atoms with E-state index in [0.29, 0.717) is 0 Å². The third kappa shape index (κ3) is 9.80. The van der Waals surface area contributed by atoms with E-state index >= 15 is 35.1 Å². The predicted octanol–water partition coefficient (Wildman–Crippen LogP) is 13.2. The fourth-order valence-corrected chi connectivity index (χ4v) is 8.19. The van der Waals surface area contributed by atoms with E-state index in [1.807, 2.05) is 15.9 Å². The topological polar surface area (TPSA) is 0 Å². The van der Waals surface area contributed by atoms with E-state index < -0.39 is 163 Å². The van der Waals surface area contributed by atoms with Crippen molar-refractivity contribution in [3.05, 3.63) is 33.8 Å². The summed E-state index contributed by atoms with van der Waals surface area (Å²) in [5.74, 6) is -41.7. The molecule has 0 saturated carbocycles. The minimum absolute atomic E-state index is 0.695. The number of hydrogen-bond donors (Lipinski definition) is 0. The third-order valence-corrected chi connectivity index (χ3v) is 9.83. The fraction of sp³-hybridized carbons (Fsp3) is 0.786. The Hall–Kier alpha value is -2.19. The molecule has 7 unspecified atom stereocenters. The molecule has 1 rings (SSSR count). The first kappa shape index (κ1) is 51.8. The lowest BCUT2D eigenvalue weighted by molar-refractivity contribution is -0.403. The van der Waals surface area contributed by atoms with Gasteiger partial charge in [0, 0.05) is 27.3 Å². The van der Waals surface area contributed by atoms with Gasteiger partial charge in [-0.2, -0.15) is 92.2 Å². The summed E-state index contributed by atoms with van der Waals surface area (Å²) >= 11 is 1.98. The molecule has 0 spiro atoms. The van der Waals surface area contributed by atoms with Gasteiger partial charge in [0.2, 0.25) is 0 Å². The maximum atomic E-state index is 15.1. The normalized spacial score (nSPS) is 20.4. The Kier molecular flexibility index (Phi) is 15.9. The van der Waals surface area contributed by atoms with Gasteiger partial charge in [0.05, 0.1) is 41.1 Å². The molecule has 0 bridgehead atoms. The molecule has 7 atom stereocenters. The van der Waals surface area contributed by atoms with Gasteiger partial charge in [-0.25, -0.2) is 0 Å². The molecular formula is C28H21BrF27. The van der Waals surface area contributed by atoms with Crippen molar-refractivity contribution in [2.45, 2.75) is 49.2 Å².